The third kappa shape index (κ3) is 7.22. The molecular formula is C17H27N3O2. The largest absolute Gasteiger partial charge is 0.354 e. The van der Waals surface area contributed by atoms with Gasteiger partial charge in [-0.25, -0.2) is 0 Å². The molecule has 22 heavy (non-hydrogen) atoms. The van der Waals surface area contributed by atoms with E-state index < -0.39 is 6.04 Å². The van der Waals surface area contributed by atoms with Crippen molar-refractivity contribution in [3.8, 4) is 0 Å². The van der Waals surface area contributed by atoms with Crippen LogP contribution in [0.4, 0.5) is 0 Å². The summed E-state index contributed by atoms with van der Waals surface area (Å²) in [7, 11) is 0. The summed E-state index contributed by atoms with van der Waals surface area (Å²) in [5.74, 6) is -0.268. The molecule has 0 heterocycles. The molecule has 0 aromatic heterocycles. The van der Waals surface area contributed by atoms with Gasteiger partial charge in [0.25, 0.3) is 0 Å². The van der Waals surface area contributed by atoms with Crippen LogP contribution in [0, 0.1) is 0 Å². The number of nitrogens with two attached hydrogens (primary N) is 1. The highest BCUT2D eigenvalue weighted by Crippen LogP contribution is 2.02. The predicted molar refractivity (Wildman–Crippen MR) is 88.3 cm³/mol. The summed E-state index contributed by atoms with van der Waals surface area (Å²) in [4.78, 5) is 24.2. The molecule has 0 fully saturated rings. The first-order valence-electron chi connectivity index (χ1n) is 7.89. The van der Waals surface area contributed by atoms with Gasteiger partial charge in [-0.2, -0.15) is 0 Å². The minimum Gasteiger partial charge on any atom is -0.354 e. The van der Waals surface area contributed by atoms with Crippen LogP contribution in [0.25, 0.3) is 0 Å². The van der Waals surface area contributed by atoms with Gasteiger partial charge in [-0.15, -0.1) is 0 Å². The van der Waals surface area contributed by atoms with Crippen LogP contribution in [0.5, 0.6) is 0 Å². The van der Waals surface area contributed by atoms with Crippen molar-refractivity contribution in [2.24, 2.45) is 5.73 Å². The molecule has 5 heteroatoms. The molecular weight excluding hydrogens is 278 g/mol. The van der Waals surface area contributed by atoms with E-state index in [9.17, 15) is 9.59 Å². The number of rotatable bonds is 9. The second-order valence-corrected chi connectivity index (χ2v) is 5.63. The lowest BCUT2D eigenvalue weighted by Crippen LogP contribution is -2.47. The molecule has 1 aromatic rings. The van der Waals surface area contributed by atoms with E-state index >= 15 is 0 Å². The van der Waals surface area contributed by atoms with Crippen molar-refractivity contribution in [1.82, 2.24) is 10.6 Å². The van der Waals surface area contributed by atoms with Crippen molar-refractivity contribution < 1.29 is 9.59 Å². The molecule has 122 valence electrons. The minimum absolute atomic E-state index is 0.0533. The van der Waals surface area contributed by atoms with Crippen LogP contribution in [0.1, 0.15) is 38.7 Å². The van der Waals surface area contributed by atoms with E-state index in [0.717, 1.165) is 18.4 Å². The Balaban J connectivity index is 2.48. The van der Waals surface area contributed by atoms with Gasteiger partial charge in [-0.3, -0.25) is 9.59 Å². The van der Waals surface area contributed by atoms with Crippen LogP contribution in [0.2, 0.25) is 0 Å². The summed E-state index contributed by atoms with van der Waals surface area (Å²) in [6.07, 6.45) is 2.47. The zero-order valence-electron chi connectivity index (χ0n) is 13.5. The average molecular weight is 305 g/mol. The SMILES string of the molecule is CCCC(NC(=O)Cc1ccccc1)C(=O)NCCC(C)N. The first kappa shape index (κ1) is 18.2. The monoisotopic (exact) mass is 305 g/mol. The van der Waals surface area contributed by atoms with Gasteiger partial charge >= 0.3 is 0 Å². The molecule has 1 aromatic carbocycles. The maximum absolute atomic E-state index is 12.1. The highest BCUT2D eigenvalue weighted by molar-refractivity contribution is 5.88. The Labute approximate surface area is 132 Å². The third-order valence-corrected chi connectivity index (χ3v) is 3.34. The summed E-state index contributed by atoms with van der Waals surface area (Å²) in [5, 5.41) is 5.66. The molecule has 0 spiro atoms. The molecule has 0 saturated carbocycles. The molecule has 0 bridgehead atoms. The normalized spacial score (nSPS) is 13.2. The number of benzene rings is 1. The number of hydrogen-bond donors (Lipinski definition) is 3. The van der Waals surface area contributed by atoms with E-state index in [1.165, 1.54) is 0 Å². The Morgan fingerprint density at radius 1 is 1.18 bits per heavy atom. The van der Waals surface area contributed by atoms with E-state index in [0.29, 0.717) is 13.0 Å². The zero-order valence-corrected chi connectivity index (χ0v) is 13.5. The molecule has 0 aliphatic carbocycles. The fourth-order valence-corrected chi connectivity index (χ4v) is 2.13. The smallest absolute Gasteiger partial charge is 0.242 e. The van der Waals surface area contributed by atoms with Crippen LogP contribution in [-0.4, -0.2) is 30.4 Å². The fraction of sp³-hybridized carbons (Fsp3) is 0.529. The Morgan fingerprint density at radius 3 is 2.45 bits per heavy atom. The Hall–Kier alpha value is -1.88. The molecule has 4 N–H and O–H groups in total. The lowest BCUT2D eigenvalue weighted by molar-refractivity contribution is -0.128. The molecule has 0 aliphatic heterocycles. The standard InChI is InChI=1S/C17H27N3O2/c1-3-7-15(17(22)19-11-10-13(2)18)20-16(21)12-14-8-5-4-6-9-14/h4-6,8-9,13,15H,3,7,10-12,18H2,1-2H3,(H,19,22)(H,20,21). The maximum Gasteiger partial charge on any atom is 0.242 e. The number of amides is 2. The van der Waals surface area contributed by atoms with Gasteiger partial charge in [0.05, 0.1) is 6.42 Å². The summed E-state index contributed by atoms with van der Waals surface area (Å²) in [5.41, 5.74) is 6.60. The number of carbonyl (C=O) groups is 2. The second-order valence-electron chi connectivity index (χ2n) is 5.63. The van der Waals surface area contributed by atoms with Gasteiger partial charge in [-0.05, 0) is 25.3 Å². The van der Waals surface area contributed by atoms with Crippen molar-refractivity contribution in [3.05, 3.63) is 35.9 Å². The van der Waals surface area contributed by atoms with Gasteiger partial charge in [0.15, 0.2) is 0 Å². The summed E-state index contributed by atoms with van der Waals surface area (Å²) < 4.78 is 0. The maximum atomic E-state index is 12.1. The molecule has 0 saturated heterocycles. The molecule has 1 rings (SSSR count). The van der Waals surface area contributed by atoms with E-state index in [2.05, 4.69) is 10.6 Å². The van der Waals surface area contributed by atoms with Gasteiger partial charge < -0.3 is 16.4 Å². The minimum atomic E-state index is -0.478. The fourth-order valence-electron chi connectivity index (χ4n) is 2.13. The Morgan fingerprint density at radius 2 is 1.86 bits per heavy atom. The molecule has 2 atom stereocenters. The van der Waals surface area contributed by atoms with Crippen LogP contribution in [0.3, 0.4) is 0 Å². The Bertz CT molecular complexity index is 460. The highest BCUT2D eigenvalue weighted by atomic mass is 16.2. The number of carbonyl (C=O) groups excluding carboxylic acids is 2. The van der Waals surface area contributed by atoms with E-state index in [4.69, 9.17) is 5.73 Å². The first-order valence-corrected chi connectivity index (χ1v) is 7.89. The third-order valence-electron chi connectivity index (χ3n) is 3.34. The van der Waals surface area contributed by atoms with Gasteiger partial charge in [0, 0.05) is 12.6 Å². The van der Waals surface area contributed by atoms with Gasteiger partial charge in [-0.1, -0.05) is 43.7 Å². The first-order chi connectivity index (χ1) is 10.5. The molecule has 5 nitrogen and oxygen atoms in total. The predicted octanol–water partition coefficient (Wildman–Crippen LogP) is 1.37. The molecule has 2 unspecified atom stereocenters. The second kappa shape index (κ2) is 9.95. The van der Waals surface area contributed by atoms with Crippen molar-refractivity contribution >= 4 is 11.8 Å². The van der Waals surface area contributed by atoms with Crippen LogP contribution < -0.4 is 16.4 Å². The van der Waals surface area contributed by atoms with Crippen LogP contribution >= 0.6 is 0 Å². The summed E-state index contributed by atoms with van der Waals surface area (Å²) >= 11 is 0. The lowest BCUT2D eigenvalue weighted by atomic mass is 10.1. The Kier molecular flexibility index (Phi) is 8.22. The van der Waals surface area contributed by atoms with E-state index in [-0.39, 0.29) is 24.3 Å². The van der Waals surface area contributed by atoms with Crippen molar-refractivity contribution in [2.75, 3.05) is 6.54 Å². The van der Waals surface area contributed by atoms with Gasteiger partial charge in [0.1, 0.15) is 6.04 Å². The average Bonchev–Trinajstić information content (AvgIpc) is 2.47. The summed E-state index contributed by atoms with van der Waals surface area (Å²) in [6.45, 7) is 4.42. The van der Waals surface area contributed by atoms with Crippen molar-refractivity contribution in [2.45, 2.75) is 51.6 Å². The topological polar surface area (TPSA) is 84.2 Å². The number of hydrogen-bond acceptors (Lipinski definition) is 3. The highest BCUT2D eigenvalue weighted by Gasteiger charge is 2.19. The molecule has 0 radical (unpaired) electrons. The summed E-state index contributed by atoms with van der Waals surface area (Å²) in [6, 6.07) is 9.08. The van der Waals surface area contributed by atoms with E-state index in [1.54, 1.807) is 0 Å². The zero-order chi connectivity index (χ0) is 16.4. The van der Waals surface area contributed by atoms with Crippen molar-refractivity contribution in [3.63, 3.8) is 0 Å². The van der Waals surface area contributed by atoms with Gasteiger partial charge in [0.2, 0.25) is 11.8 Å². The van der Waals surface area contributed by atoms with Crippen LogP contribution in [-0.2, 0) is 16.0 Å². The molecule has 0 aliphatic rings. The number of nitrogens with one attached hydrogen (secondary N) is 2. The van der Waals surface area contributed by atoms with E-state index in [1.807, 2.05) is 44.2 Å². The van der Waals surface area contributed by atoms with Crippen LogP contribution in [0.15, 0.2) is 30.3 Å². The van der Waals surface area contributed by atoms with Crippen molar-refractivity contribution in [1.29, 1.82) is 0 Å². The lowest BCUT2D eigenvalue weighted by Gasteiger charge is -2.18. The quantitative estimate of drug-likeness (QED) is 0.644. The molecule has 2 amide bonds.